The number of aliphatic carboxylic acids is 1. The van der Waals surface area contributed by atoms with Crippen molar-refractivity contribution in [3.8, 4) is 0 Å². The number of carbonyl (C=O) groups is 2. The Balaban J connectivity index is 2.96. The van der Waals surface area contributed by atoms with Gasteiger partial charge in [0.05, 0.1) is 0 Å². The van der Waals surface area contributed by atoms with Crippen LogP contribution >= 0.6 is 0 Å². The van der Waals surface area contributed by atoms with Crippen LogP contribution in [0.1, 0.15) is 0 Å². The largest absolute Gasteiger partial charge is 0.479 e. The summed E-state index contributed by atoms with van der Waals surface area (Å²) in [7, 11) is 0. The molecule has 1 saturated heterocycles. The van der Waals surface area contributed by atoms with Crippen molar-refractivity contribution < 1.29 is 39.9 Å². The van der Waals surface area contributed by atoms with Gasteiger partial charge in [-0.25, -0.2) is 9.59 Å². The first kappa shape index (κ1) is 10.9. The van der Waals surface area contributed by atoms with Crippen molar-refractivity contribution in [2.24, 2.45) is 0 Å². The first-order valence-corrected chi connectivity index (χ1v) is 3.53. The van der Waals surface area contributed by atoms with Crippen molar-refractivity contribution in [2.45, 2.75) is 24.1 Å². The lowest BCUT2D eigenvalue weighted by Crippen LogP contribution is -2.55. The van der Waals surface area contributed by atoms with Crippen molar-refractivity contribution in [1.29, 1.82) is 0 Å². The number of aliphatic hydroxyl groups is 4. The van der Waals surface area contributed by atoms with Gasteiger partial charge in [-0.15, -0.1) is 0 Å². The van der Waals surface area contributed by atoms with E-state index >= 15 is 0 Å². The Hall–Kier alpha value is -1.22. The maximum atomic E-state index is 10.6. The average Bonchev–Trinajstić information content (AvgIpc) is 2.30. The highest BCUT2D eigenvalue weighted by atomic mass is 16.7. The van der Waals surface area contributed by atoms with E-state index in [1.807, 2.05) is 0 Å². The van der Waals surface area contributed by atoms with Gasteiger partial charge < -0.3 is 30.3 Å². The molecule has 5 N–H and O–H groups in total. The first-order valence-electron chi connectivity index (χ1n) is 3.53. The van der Waals surface area contributed by atoms with Crippen molar-refractivity contribution >= 4 is 11.9 Å². The molecule has 8 nitrogen and oxygen atoms in total. The van der Waals surface area contributed by atoms with E-state index in [1.165, 1.54) is 0 Å². The molecule has 1 fully saturated rings. The van der Waals surface area contributed by atoms with Crippen molar-refractivity contribution in [3.63, 3.8) is 0 Å². The number of aliphatic hydroxyl groups excluding tert-OH is 3. The summed E-state index contributed by atoms with van der Waals surface area (Å²) in [5, 5.41) is 44.3. The van der Waals surface area contributed by atoms with Gasteiger partial charge in [0, 0.05) is 0 Å². The highest BCUT2D eigenvalue weighted by Gasteiger charge is 2.60. The molecule has 0 aromatic heterocycles. The number of ether oxygens (including phenoxy) is 1. The van der Waals surface area contributed by atoms with E-state index in [4.69, 9.17) is 20.4 Å². The smallest absolute Gasteiger partial charge is 0.340 e. The Kier molecular flexibility index (Phi) is 2.46. The fourth-order valence-electron chi connectivity index (χ4n) is 1.03. The molecule has 0 aliphatic carbocycles. The summed E-state index contributed by atoms with van der Waals surface area (Å²) in [6, 6.07) is 0. The monoisotopic (exact) mass is 208 g/mol. The van der Waals surface area contributed by atoms with Gasteiger partial charge in [0.2, 0.25) is 6.10 Å². The Morgan fingerprint density at radius 3 is 2.29 bits per heavy atom. The maximum absolute atomic E-state index is 10.6. The second-order valence-corrected chi connectivity index (χ2v) is 2.80. The lowest BCUT2D eigenvalue weighted by Gasteiger charge is -2.26. The summed E-state index contributed by atoms with van der Waals surface area (Å²) < 4.78 is 3.98. The molecule has 80 valence electrons. The second-order valence-electron chi connectivity index (χ2n) is 2.80. The van der Waals surface area contributed by atoms with Crippen LogP contribution in [0, 0.1) is 0 Å². The van der Waals surface area contributed by atoms with Gasteiger partial charge in [-0.2, -0.15) is 0 Å². The second kappa shape index (κ2) is 3.17. The number of carbonyl (C=O) groups excluding carboxylic acids is 1. The van der Waals surface area contributed by atoms with Crippen molar-refractivity contribution in [3.05, 3.63) is 0 Å². The molecule has 0 amide bonds. The predicted molar refractivity (Wildman–Crippen MR) is 36.7 cm³/mol. The molecule has 4 atom stereocenters. The summed E-state index contributed by atoms with van der Waals surface area (Å²) in [6.45, 7) is 0. The molecule has 0 bridgehead atoms. The summed E-state index contributed by atoms with van der Waals surface area (Å²) in [5.41, 5.74) is 0. The molecule has 1 heterocycles. The lowest BCUT2D eigenvalue weighted by atomic mass is 10.0. The van der Waals surface area contributed by atoms with Crippen LogP contribution in [-0.4, -0.2) is 61.6 Å². The van der Waals surface area contributed by atoms with Gasteiger partial charge in [0.15, 0.2) is 12.2 Å². The molecule has 0 saturated carbocycles. The summed E-state index contributed by atoms with van der Waals surface area (Å²) in [6.07, 6.45) is -6.81. The van der Waals surface area contributed by atoms with Crippen LogP contribution in [0.25, 0.3) is 0 Å². The van der Waals surface area contributed by atoms with E-state index in [-0.39, 0.29) is 0 Å². The van der Waals surface area contributed by atoms with Crippen LogP contribution in [0.2, 0.25) is 0 Å². The van der Waals surface area contributed by atoms with E-state index in [1.54, 1.807) is 0 Å². The predicted octanol–water partition coefficient (Wildman–Crippen LogP) is -3.60. The zero-order valence-corrected chi connectivity index (χ0v) is 6.69. The van der Waals surface area contributed by atoms with E-state index in [0.29, 0.717) is 0 Å². The minimum Gasteiger partial charge on any atom is -0.479 e. The quantitative estimate of drug-likeness (QED) is 0.293. The molecule has 1 aliphatic rings. The normalized spacial score (nSPS) is 39.3. The Morgan fingerprint density at radius 1 is 1.50 bits per heavy atom. The van der Waals surface area contributed by atoms with Gasteiger partial charge in [-0.3, -0.25) is 0 Å². The minimum atomic E-state index is -3.01. The zero-order chi connectivity index (χ0) is 11.1. The van der Waals surface area contributed by atoms with Crippen LogP contribution in [0.5, 0.6) is 0 Å². The molecule has 0 aromatic carbocycles. The average molecular weight is 208 g/mol. The number of hydrogen-bond acceptors (Lipinski definition) is 7. The number of esters is 1. The number of cyclic esters (lactones) is 1. The molecule has 0 spiro atoms. The molecule has 14 heavy (non-hydrogen) atoms. The molecule has 0 radical (unpaired) electrons. The zero-order valence-electron chi connectivity index (χ0n) is 6.69. The van der Waals surface area contributed by atoms with Gasteiger partial charge in [0.1, 0.15) is 0 Å². The number of carboxylic acid groups (broad SMARTS) is 1. The lowest BCUT2D eigenvalue weighted by molar-refractivity contribution is -0.260. The number of rotatable bonds is 2. The van der Waals surface area contributed by atoms with Gasteiger partial charge >= 0.3 is 11.9 Å². The van der Waals surface area contributed by atoms with Gasteiger partial charge in [-0.05, 0) is 0 Å². The number of carboxylic acids is 1. The van der Waals surface area contributed by atoms with E-state index in [2.05, 4.69) is 4.74 Å². The molecule has 3 unspecified atom stereocenters. The molecule has 1 rings (SSSR count). The minimum absolute atomic E-state index is 1.40. The highest BCUT2D eigenvalue weighted by Crippen LogP contribution is 2.28. The third-order valence-corrected chi connectivity index (χ3v) is 1.85. The summed E-state index contributed by atoms with van der Waals surface area (Å²) in [5.74, 6) is -6.31. The standard InChI is InChI=1S/C6H8O8/c7-1-2(8)6(13,14-5(1)12)3(9)4(10)11/h1-3,7-9,13H,(H,10,11)/t1?,2?,3?,6-/m0/s1. The van der Waals surface area contributed by atoms with E-state index in [9.17, 15) is 14.7 Å². The highest BCUT2D eigenvalue weighted by molar-refractivity contribution is 5.81. The summed E-state index contributed by atoms with van der Waals surface area (Å²) >= 11 is 0. The third kappa shape index (κ3) is 1.34. The van der Waals surface area contributed by atoms with Crippen LogP contribution in [0.3, 0.4) is 0 Å². The Bertz CT molecular complexity index is 275. The van der Waals surface area contributed by atoms with Gasteiger partial charge in [0.25, 0.3) is 5.79 Å². The first-order chi connectivity index (χ1) is 6.30. The Morgan fingerprint density at radius 2 is 2.00 bits per heavy atom. The van der Waals surface area contributed by atoms with E-state index in [0.717, 1.165) is 0 Å². The van der Waals surface area contributed by atoms with Crippen LogP contribution in [0.15, 0.2) is 0 Å². The molecular weight excluding hydrogens is 200 g/mol. The molecule has 8 heteroatoms. The van der Waals surface area contributed by atoms with Crippen LogP contribution < -0.4 is 0 Å². The van der Waals surface area contributed by atoms with Crippen molar-refractivity contribution in [2.75, 3.05) is 0 Å². The van der Waals surface area contributed by atoms with Gasteiger partial charge in [-0.1, -0.05) is 0 Å². The fraction of sp³-hybridized carbons (Fsp3) is 0.667. The molecule has 0 aromatic rings. The van der Waals surface area contributed by atoms with Crippen LogP contribution in [-0.2, 0) is 14.3 Å². The topological polar surface area (TPSA) is 145 Å². The SMILES string of the molecule is O=C1O[C@](O)(C(O)C(=O)O)C(O)C1O. The van der Waals surface area contributed by atoms with E-state index < -0.39 is 36.0 Å². The molecule has 1 aliphatic heterocycles. The molecular formula is C6H8O8. The summed E-state index contributed by atoms with van der Waals surface area (Å²) in [4.78, 5) is 20.9. The fourth-order valence-corrected chi connectivity index (χ4v) is 1.03. The maximum Gasteiger partial charge on any atom is 0.340 e. The third-order valence-electron chi connectivity index (χ3n) is 1.85. The Labute approximate surface area is 77.0 Å². The van der Waals surface area contributed by atoms with Crippen LogP contribution in [0.4, 0.5) is 0 Å². The van der Waals surface area contributed by atoms with Crippen molar-refractivity contribution in [1.82, 2.24) is 0 Å². The number of hydrogen-bond donors (Lipinski definition) is 5.